The zero-order chi connectivity index (χ0) is 14.8. The fraction of sp³-hybridized carbons (Fsp3) is 0.667. The van der Waals surface area contributed by atoms with Crippen LogP contribution in [0.15, 0.2) is 12.3 Å². The third-order valence-corrected chi connectivity index (χ3v) is 4.39. The van der Waals surface area contributed by atoms with Crippen molar-refractivity contribution in [1.29, 1.82) is 0 Å². The number of aromatic nitrogens is 1. The number of anilines is 1. The first-order valence-corrected chi connectivity index (χ1v) is 7.68. The van der Waals surface area contributed by atoms with E-state index in [0.29, 0.717) is 17.5 Å². The minimum absolute atomic E-state index is 0.0750. The van der Waals surface area contributed by atoms with Crippen LogP contribution in [0.4, 0.5) is 5.69 Å². The Balaban J connectivity index is 1.53. The highest BCUT2D eigenvalue weighted by Crippen LogP contribution is 2.16. The summed E-state index contributed by atoms with van der Waals surface area (Å²) >= 11 is 0. The smallest absolute Gasteiger partial charge is 0.270 e. The first-order chi connectivity index (χ1) is 10.1. The minimum atomic E-state index is 0.0750. The highest BCUT2D eigenvalue weighted by atomic mass is 16.5. The lowest BCUT2D eigenvalue weighted by Crippen LogP contribution is -2.50. The van der Waals surface area contributed by atoms with Gasteiger partial charge in [-0.15, -0.1) is 0 Å². The van der Waals surface area contributed by atoms with Crippen LogP contribution in [0, 0.1) is 0 Å². The van der Waals surface area contributed by atoms with Crippen molar-refractivity contribution in [2.75, 3.05) is 45.1 Å². The largest absolute Gasteiger partial charge is 0.397 e. The normalized spacial score (nSPS) is 23.7. The van der Waals surface area contributed by atoms with Gasteiger partial charge in [0.2, 0.25) is 0 Å². The van der Waals surface area contributed by atoms with Crippen molar-refractivity contribution in [3.63, 3.8) is 0 Å². The molecule has 6 heteroatoms. The van der Waals surface area contributed by atoms with Crippen LogP contribution in [-0.2, 0) is 11.8 Å². The maximum absolute atomic E-state index is 12.5. The van der Waals surface area contributed by atoms with E-state index in [1.165, 1.54) is 12.8 Å². The van der Waals surface area contributed by atoms with Gasteiger partial charge in [0.15, 0.2) is 0 Å². The van der Waals surface area contributed by atoms with Gasteiger partial charge in [-0.2, -0.15) is 0 Å². The predicted octanol–water partition coefficient (Wildman–Crippen LogP) is 0.544. The van der Waals surface area contributed by atoms with Gasteiger partial charge >= 0.3 is 0 Å². The van der Waals surface area contributed by atoms with E-state index in [-0.39, 0.29) is 5.91 Å². The molecule has 21 heavy (non-hydrogen) atoms. The molecular weight excluding hydrogens is 268 g/mol. The second-order valence-electron chi connectivity index (χ2n) is 6.00. The molecule has 2 N–H and O–H groups in total. The van der Waals surface area contributed by atoms with Crippen molar-refractivity contribution >= 4 is 11.6 Å². The van der Waals surface area contributed by atoms with E-state index in [2.05, 4.69) is 4.90 Å². The molecule has 1 unspecified atom stereocenters. The zero-order valence-corrected chi connectivity index (χ0v) is 12.6. The highest BCUT2D eigenvalue weighted by molar-refractivity contribution is 5.93. The average molecular weight is 292 g/mol. The van der Waals surface area contributed by atoms with Crippen LogP contribution in [0.1, 0.15) is 23.3 Å². The molecule has 0 aromatic carbocycles. The van der Waals surface area contributed by atoms with Crippen LogP contribution in [0.25, 0.3) is 0 Å². The van der Waals surface area contributed by atoms with E-state index in [1.807, 2.05) is 11.9 Å². The van der Waals surface area contributed by atoms with Crippen molar-refractivity contribution in [3.8, 4) is 0 Å². The molecule has 6 nitrogen and oxygen atoms in total. The van der Waals surface area contributed by atoms with Crippen molar-refractivity contribution in [3.05, 3.63) is 18.0 Å². The summed E-state index contributed by atoms with van der Waals surface area (Å²) in [5.74, 6) is 0.0750. The number of carbonyl (C=O) groups excluding carboxylic acids is 1. The summed E-state index contributed by atoms with van der Waals surface area (Å²) in [7, 11) is 1.86. The number of hydrogen-bond acceptors (Lipinski definition) is 4. The molecule has 2 fully saturated rings. The Morgan fingerprint density at radius 1 is 1.38 bits per heavy atom. The molecule has 116 valence electrons. The molecule has 3 rings (SSSR count). The van der Waals surface area contributed by atoms with Crippen LogP contribution in [0.2, 0.25) is 0 Å². The maximum atomic E-state index is 12.5. The second-order valence-corrected chi connectivity index (χ2v) is 6.00. The summed E-state index contributed by atoms with van der Waals surface area (Å²) in [5, 5.41) is 0. The number of ether oxygens (including phenoxy) is 1. The van der Waals surface area contributed by atoms with Crippen LogP contribution in [0.5, 0.6) is 0 Å². The van der Waals surface area contributed by atoms with E-state index in [9.17, 15) is 4.79 Å². The molecule has 1 aromatic heterocycles. The Morgan fingerprint density at radius 2 is 2.14 bits per heavy atom. The minimum Gasteiger partial charge on any atom is -0.397 e. The van der Waals surface area contributed by atoms with Gasteiger partial charge in [-0.05, 0) is 18.9 Å². The molecule has 2 aliphatic heterocycles. The molecule has 0 bridgehead atoms. The number of nitrogens with two attached hydrogens (primary N) is 1. The van der Waals surface area contributed by atoms with Gasteiger partial charge < -0.3 is 19.9 Å². The fourth-order valence-electron chi connectivity index (χ4n) is 3.17. The predicted molar refractivity (Wildman–Crippen MR) is 81.1 cm³/mol. The number of hydrogen-bond donors (Lipinski definition) is 1. The molecule has 1 amide bonds. The number of amides is 1. The molecule has 2 aliphatic rings. The number of carbonyl (C=O) groups is 1. The van der Waals surface area contributed by atoms with Gasteiger partial charge in [0.25, 0.3) is 5.91 Å². The lowest BCUT2D eigenvalue weighted by atomic mass is 10.2. The average Bonchev–Trinajstić information content (AvgIpc) is 3.08. The van der Waals surface area contributed by atoms with Crippen LogP contribution >= 0.6 is 0 Å². The van der Waals surface area contributed by atoms with Crippen molar-refractivity contribution in [2.45, 2.75) is 18.9 Å². The van der Waals surface area contributed by atoms with Gasteiger partial charge in [-0.1, -0.05) is 0 Å². The lowest BCUT2D eigenvalue weighted by molar-refractivity contribution is 0.0428. The zero-order valence-electron chi connectivity index (χ0n) is 12.6. The van der Waals surface area contributed by atoms with E-state index < -0.39 is 0 Å². The number of rotatable bonds is 3. The lowest BCUT2D eigenvalue weighted by Gasteiger charge is -2.35. The Labute approximate surface area is 125 Å². The molecule has 0 saturated carbocycles. The van der Waals surface area contributed by atoms with E-state index >= 15 is 0 Å². The van der Waals surface area contributed by atoms with Gasteiger partial charge in [-0.25, -0.2) is 0 Å². The molecule has 0 spiro atoms. The Bertz CT molecular complexity index is 500. The summed E-state index contributed by atoms with van der Waals surface area (Å²) in [6, 6.07) is 1.75. The molecule has 2 saturated heterocycles. The van der Waals surface area contributed by atoms with E-state index in [0.717, 1.165) is 39.3 Å². The third kappa shape index (κ3) is 3.22. The van der Waals surface area contributed by atoms with Crippen LogP contribution in [0.3, 0.4) is 0 Å². The summed E-state index contributed by atoms with van der Waals surface area (Å²) in [6.45, 7) is 5.29. The molecule has 1 aromatic rings. The number of piperazine rings is 1. The molecule has 1 atom stereocenters. The SMILES string of the molecule is Cn1cc(N)cc1C(=O)N1CCN(CC2CCCO2)CC1. The van der Waals surface area contributed by atoms with Gasteiger partial charge in [0.1, 0.15) is 5.69 Å². The van der Waals surface area contributed by atoms with E-state index in [4.69, 9.17) is 10.5 Å². The molecular formula is C15H24N4O2. The fourth-order valence-corrected chi connectivity index (χ4v) is 3.17. The summed E-state index contributed by atoms with van der Waals surface area (Å²) in [6.07, 6.45) is 4.51. The topological polar surface area (TPSA) is 63.7 Å². The molecule has 0 radical (unpaired) electrons. The number of aryl methyl sites for hydroxylation is 1. The third-order valence-electron chi connectivity index (χ3n) is 4.39. The van der Waals surface area contributed by atoms with Crippen molar-refractivity contribution in [1.82, 2.24) is 14.4 Å². The Hall–Kier alpha value is -1.53. The quantitative estimate of drug-likeness (QED) is 0.883. The van der Waals surface area contributed by atoms with Crippen molar-refractivity contribution < 1.29 is 9.53 Å². The first-order valence-electron chi connectivity index (χ1n) is 7.68. The summed E-state index contributed by atoms with van der Waals surface area (Å²) < 4.78 is 7.48. The van der Waals surface area contributed by atoms with Crippen LogP contribution in [-0.4, -0.2) is 65.7 Å². The number of nitrogens with zero attached hydrogens (tertiary/aromatic N) is 3. The Morgan fingerprint density at radius 3 is 2.71 bits per heavy atom. The first kappa shape index (κ1) is 14.4. The monoisotopic (exact) mass is 292 g/mol. The highest BCUT2D eigenvalue weighted by Gasteiger charge is 2.26. The van der Waals surface area contributed by atoms with Gasteiger partial charge in [0.05, 0.1) is 11.8 Å². The number of nitrogen functional groups attached to an aromatic ring is 1. The second kappa shape index (κ2) is 6.07. The summed E-state index contributed by atoms with van der Waals surface area (Å²) in [4.78, 5) is 16.8. The maximum Gasteiger partial charge on any atom is 0.270 e. The van der Waals surface area contributed by atoms with Crippen LogP contribution < -0.4 is 5.73 Å². The van der Waals surface area contributed by atoms with Crippen molar-refractivity contribution in [2.24, 2.45) is 7.05 Å². The summed E-state index contributed by atoms with van der Waals surface area (Å²) in [5.41, 5.74) is 7.05. The molecule has 0 aliphatic carbocycles. The van der Waals surface area contributed by atoms with Gasteiger partial charge in [0, 0.05) is 52.6 Å². The Kier molecular flexibility index (Phi) is 4.17. The molecule has 3 heterocycles. The standard InChI is InChI=1S/C15H24N4O2/c1-17-10-12(16)9-14(17)15(20)19-6-4-18(5-7-19)11-13-3-2-8-21-13/h9-10,13H,2-8,11,16H2,1H3. The van der Waals surface area contributed by atoms with Gasteiger partial charge in [-0.3, -0.25) is 9.69 Å². The van der Waals surface area contributed by atoms with E-state index in [1.54, 1.807) is 16.8 Å².